The van der Waals surface area contributed by atoms with Gasteiger partial charge in [0.1, 0.15) is 10.5 Å². The number of hydrogen-bond donors (Lipinski definition) is 3. The van der Waals surface area contributed by atoms with Crippen molar-refractivity contribution < 1.29 is 15.0 Å². The summed E-state index contributed by atoms with van der Waals surface area (Å²) in [6, 6.07) is 0. The van der Waals surface area contributed by atoms with Crippen LogP contribution in [0.3, 0.4) is 0 Å². The van der Waals surface area contributed by atoms with Crippen LogP contribution in [-0.4, -0.2) is 26.2 Å². The van der Waals surface area contributed by atoms with Gasteiger partial charge in [-0.25, -0.2) is 9.78 Å². The Labute approximate surface area is 72.7 Å². The minimum absolute atomic E-state index is 0.115. The van der Waals surface area contributed by atoms with Crippen molar-refractivity contribution in [3.63, 3.8) is 0 Å². The second-order valence-electron chi connectivity index (χ2n) is 2.16. The van der Waals surface area contributed by atoms with E-state index in [1.54, 1.807) is 6.92 Å². The van der Waals surface area contributed by atoms with Gasteiger partial charge in [0.2, 0.25) is 5.88 Å². The molecule has 3 N–H and O–H groups in total. The Morgan fingerprint density at radius 3 is 2.67 bits per heavy atom. The number of nitrogens with zero attached hydrogens (tertiary/aromatic N) is 1. The maximum atomic E-state index is 10.5. The van der Waals surface area contributed by atoms with E-state index in [-0.39, 0.29) is 10.2 Å². The fourth-order valence-electron chi connectivity index (χ4n) is 0.764. The largest absolute Gasteiger partial charge is 0.494 e. The lowest BCUT2D eigenvalue weighted by molar-refractivity contribution is 0.0691. The first-order chi connectivity index (χ1) is 5.52. The first-order valence-corrected chi connectivity index (χ1v) is 3.46. The van der Waals surface area contributed by atoms with E-state index < -0.39 is 11.8 Å². The summed E-state index contributed by atoms with van der Waals surface area (Å²) in [6.45, 7) is 1.57. The van der Waals surface area contributed by atoms with Gasteiger partial charge in [0, 0.05) is 0 Å². The molecule has 0 bridgehead atoms. The summed E-state index contributed by atoms with van der Waals surface area (Å²) in [6.07, 6.45) is 0. The number of aromatic hydroxyl groups is 1. The molecular weight excluding hydrogens is 180 g/mol. The normalized spacial score (nSPS) is 9.75. The summed E-state index contributed by atoms with van der Waals surface area (Å²) in [5.41, 5.74) is -0.365. The number of rotatable bonds is 1. The fourth-order valence-corrected chi connectivity index (χ4v) is 1.08. The predicted octanol–water partition coefficient (Wildman–Crippen LogP) is 0.851. The number of carboxylic acids is 1. The molecule has 64 valence electrons. The van der Waals surface area contributed by atoms with E-state index in [0.717, 1.165) is 0 Å². The first kappa shape index (κ1) is 8.66. The van der Waals surface area contributed by atoms with E-state index >= 15 is 0 Å². The molecule has 0 spiro atoms. The van der Waals surface area contributed by atoms with Gasteiger partial charge in [0.25, 0.3) is 0 Å². The number of carbonyl (C=O) groups is 1. The Hall–Kier alpha value is -1.43. The van der Waals surface area contributed by atoms with Gasteiger partial charge < -0.3 is 15.2 Å². The standard InChI is InChI=1S/C6H6N2O3S/c1-2-7-4(9)3(6(10)11)5(12)8-2/h1H3,(H,10,11)(H2,7,8,9,12). The summed E-state index contributed by atoms with van der Waals surface area (Å²) < 4.78 is -0.115. The Bertz CT molecular complexity index is 385. The molecule has 1 aromatic heterocycles. The average molecular weight is 186 g/mol. The van der Waals surface area contributed by atoms with Crippen molar-refractivity contribution in [2.75, 3.05) is 0 Å². The van der Waals surface area contributed by atoms with Crippen molar-refractivity contribution in [3.8, 4) is 5.88 Å². The Balaban J connectivity index is 3.49. The Morgan fingerprint density at radius 1 is 1.67 bits per heavy atom. The third-order valence-corrected chi connectivity index (χ3v) is 1.53. The molecule has 0 aliphatic rings. The zero-order valence-electron chi connectivity index (χ0n) is 6.16. The van der Waals surface area contributed by atoms with E-state index in [9.17, 15) is 4.79 Å². The maximum absolute atomic E-state index is 10.5. The number of carboxylic acid groups (broad SMARTS) is 1. The fraction of sp³-hybridized carbons (Fsp3) is 0.167. The van der Waals surface area contributed by atoms with Crippen molar-refractivity contribution >= 4 is 18.2 Å². The summed E-state index contributed by atoms with van der Waals surface area (Å²) >= 11 is 4.63. The zero-order chi connectivity index (χ0) is 9.30. The van der Waals surface area contributed by atoms with Crippen molar-refractivity contribution in [2.45, 2.75) is 6.92 Å². The number of aromatic nitrogens is 2. The van der Waals surface area contributed by atoms with Crippen LogP contribution in [0.5, 0.6) is 5.88 Å². The van der Waals surface area contributed by atoms with Crippen LogP contribution in [-0.2, 0) is 0 Å². The highest BCUT2D eigenvalue weighted by atomic mass is 32.1. The van der Waals surface area contributed by atoms with Crippen LogP contribution in [0.1, 0.15) is 16.2 Å². The van der Waals surface area contributed by atoms with Gasteiger partial charge in [-0.05, 0) is 6.92 Å². The second-order valence-corrected chi connectivity index (χ2v) is 2.54. The minimum Gasteiger partial charge on any atom is -0.494 e. The molecule has 1 aromatic rings. The van der Waals surface area contributed by atoms with Crippen molar-refractivity contribution in [2.24, 2.45) is 0 Å². The summed E-state index contributed by atoms with van der Waals surface area (Å²) in [5.74, 6) is -1.37. The molecule has 0 aliphatic carbocycles. The van der Waals surface area contributed by atoms with Gasteiger partial charge in [0.15, 0.2) is 5.56 Å². The molecule has 1 rings (SSSR count). The van der Waals surface area contributed by atoms with Crippen LogP contribution in [0.2, 0.25) is 0 Å². The van der Waals surface area contributed by atoms with Crippen LogP contribution in [0.25, 0.3) is 0 Å². The van der Waals surface area contributed by atoms with Gasteiger partial charge in [-0.3, -0.25) is 0 Å². The molecule has 0 fully saturated rings. The van der Waals surface area contributed by atoms with Crippen LogP contribution < -0.4 is 0 Å². The molecule has 5 nitrogen and oxygen atoms in total. The maximum Gasteiger partial charge on any atom is 0.344 e. The van der Waals surface area contributed by atoms with E-state index in [1.165, 1.54) is 0 Å². The predicted molar refractivity (Wildman–Crippen MR) is 42.8 cm³/mol. The lowest BCUT2D eigenvalue weighted by atomic mass is 10.3. The first-order valence-electron chi connectivity index (χ1n) is 3.05. The van der Waals surface area contributed by atoms with Gasteiger partial charge in [0.05, 0.1) is 0 Å². The number of hydrogen-bond acceptors (Lipinski definition) is 4. The Morgan fingerprint density at radius 2 is 2.25 bits per heavy atom. The summed E-state index contributed by atoms with van der Waals surface area (Å²) in [7, 11) is 0. The topological polar surface area (TPSA) is 86.2 Å². The van der Waals surface area contributed by atoms with Gasteiger partial charge in [-0.1, -0.05) is 12.2 Å². The molecule has 1 heterocycles. The number of aromatic amines is 1. The summed E-state index contributed by atoms with van der Waals surface area (Å²) in [4.78, 5) is 16.5. The van der Waals surface area contributed by atoms with Gasteiger partial charge in [-0.2, -0.15) is 0 Å². The van der Waals surface area contributed by atoms with E-state index in [0.29, 0.717) is 5.82 Å². The summed E-state index contributed by atoms with van der Waals surface area (Å²) in [5, 5.41) is 17.7. The molecular formula is C6H6N2O3S. The highest BCUT2D eigenvalue weighted by Gasteiger charge is 2.13. The molecule has 0 amide bonds. The lowest BCUT2D eigenvalue weighted by Crippen LogP contribution is -2.02. The van der Waals surface area contributed by atoms with Crippen LogP contribution in [0.4, 0.5) is 0 Å². The van der Waals surface area contributed by atoms with Gasteiger partial charge >= 0.3 is 5.97 Å². The van der Waals surface area contributed by atoms with Crippen LogP contribution >= 0.6 is 12.2 Å². The number of aromatic carboxylic acids is 1. The monoisotopic (exact) mass is 186 g/mol. The molecule has 6 heteroatoms. The third kappa shape index (κ3) is 1.42. The van der Waals surface area contributed by atoms with Crippen molar-refractivity contribution in [1.82, 2.24) is 9.97 Å². The van der Waals surface area contributed by atoms with Gasteiger partial charge in [-0.15, -0.1) is 0 Å². The van der Waals surface area contributed by atoms with E-state index in [2.05, 4.69) is 22.2 Å². The molecule has 0 saturated carbocycles. The molecule has 0 saturated heterocycles. The molecule has 0 radical (unpaired) electrons. The van der Waals surface area contributed by atoms with Crippen molar-refractivity contribution in [3.05, 3.63) is 16.0 Å². The number of aryl methyl sites for hydroxylation is 1. The molecule has 0 unspecified atom stereocenters. The molecule has 0 atom stereocenters. The number of H-pyrrole nitrogens is 1. The average Bonchev–Trinajstić information content (AvgIpc) is 1.82. The molecule has 0 aromatic carbocycles. The highest BCUT2D eigenvalue weighted by molar-refractivity contribution is 7.71. The zero-order valence-corrected chi connectivity index (χ0v) is 6.97. The highest BCUT2D eigenvalue weighted by Crippen LogP contribution is 2.13. The lowest BCUT2D eigenvalue weighted by Gasteiger charge is -1.99. The van der Waals surface area contributed by atoms with E-state index in [4.69, 9.17) is 10.2 Å². The third-order valence-electron chi connectivity index (χ3n) is 1.23. The second kappa shape index (κ2) is 2.90. The van der Waals surface area contributed by atoms with Crippen LogP contribution in [0.15, 0.2) is 0 Å². The SMILES string of the molecule is Cc1nc(=S)c(C(=O)O)c(O)[nH]1. The smallest absolute Gasteiger partial charge is 0.344 e. The van der Waals surface area contributed by atoms with E-state index in [1.807, 2.05) is 0 Å². The number of nitrogens with one attached hydrogen (secondary N) is 1. The Kier molecular flexibility index (Phi) is 2.09. The quantitative estimate of drug-likeness (QED) is 0.566. The minimum atomic E-state index is -1.29. The van der Waals surface area contributed by atoms with Crippen molar-refractivity contribution in [1.29, 1.82) is 0 Å². The molecule has 0 aliphatic heterocycles. The van der Waals surface area contributed by atoms with Crippen LogP contribution in [0, 0.1) is 11.6 Å². The molecule has 12 heavy (non-hydrogen) atoms.